The van der Waals surface area contributed by atoms with Gasteiger partial charge in [0, 0.05) is 16.1 Å². The maximum Gasteiger partial charge on any atom is 0.332 e. The summed E-state index contributed by atoms with van der Waals surface area (Å²) in [6.45, 7) is 6.81. The zero-order chi connectivity index (χ0) is 24.7. The van der Waals surface area contributed by atoms with Crippen molar-refractivity contribution >= 4 is 11.7 Å². The van der Waals surface area contributed by atoms with Gasteiger partial charge in [0.25, 0.3) is 0 Å². The van der Waals surface area contributed by atoms with Crippen molar-refractivity contribution in [2.24, 2.45) is 4.99 Å². The summed E-state index contributed by atoms with van der Waals surface area (Å²) in [4.78, 5) is 29.7. The Hall–Kier alpha value is -3.80. The first kappa shape index (κ1) is 24.8. The van der Waals surface area contributed by atoms with Crippen molar-refractivity contribution in [2.75, 3.05) is 6.54 Å². The predicted octanol–water partition coefficient (Wildman–Crippen LogP) is 5.60. The highest BCUT2D eigenvalue weighted by molar-refractivity contribution is 6.13. The lowest BCUT2D eigenvalue weighted by molar-refractivity contribution is -0.483. The van der Waals surface area contributed by atoms with Crippen molar-refractivity contribution in [1.29, 1.82) is 0 Å². The molecular formula is C28H30N2O4. The molecule has 0 saturated carbocycles. The number of carbonyl (C=O) groups is 1. The Bertz CT molecular complexity index is 1090. The van der Waals surface area contributed by atoms with Crippen molar-refractivity contribution in [1.82, 2.24) is 0 Å². The number of esters is 1. The first-order valence-corrected chi connectivity index (χ1v) is 11.2. The Morgan fingerprint density at radius 2 is 1.41 bits per heavy atom. The van der Waals surface area contributed by atoms with E-state index in [9.17, 15) is 14.9 Å². The summed E-state index contributed by atoms with van der Waals surface area (Å²) in [5, 5.41) is 11.7. The summed E-state index contributed by atoms with van der Waals surface area (Å²) in [7, 11) is 0. The van der Waals surface area contributed by atoms with Crippen molar-refractivity contribution in [3.05, 3.63) is 117 Å². The van der Waals surface area contributed by atoms with Crippen LogP contribution in [0.1, 0.15) is 48.9 Å². The summed E-state index contributed by atoms with van der Waals surface area (Å²) >= 11 is 0. The summed E-state index contributed by atoms with van der Waals surface area (Å²) in [6, 6.07) is 25.3. The number of hydrogen-bond acceptors (Lipinski definition) is 5. The zero-order valence-electron chi connectivity index (χ0n) is 20.0. The minimum atomic E-state index is -1.11. The molecule has 0 bridgehead atoms. The van der Waals surface area contributed by atoms with E-state index in [1.165, 1.54) is 0 Å². The first-order chi connectivity index (χ1) is 16.1. The van der Waals surface area contributed by atoms with Crippen LogP contribution in [0.4, 0.5) is 0 Å². The number of benzene rings is 3. The quantitative estimate of drug-likeness (QED) is 0.190. The number of aryl methyl sites for hydroxylation is 1. The molecule has 0 saturated heterocycles. The monoisotopic (exact) mass is 458 g/mol. The Kier molecular flexibility index (Phi) is 7.95. The number of hydrogen-bond donors (Lipinski definition) is 0. The van der Waals surface area contributed by atoms with Gasteiger partial charge < -0.3 is 4.74 Å². The average Bonchev–Trinajstić information content (AvgIpc) is 2.79. The predicted molar refractivity (Wildman–Crippen MR) is 134 cm³/mol. The van der Waals surface area contributed by atoms with E-state index in [4.69, 9.17) is 9.73 Å². The van der Waals surface area contributed by atoms with Gasteiger partial charge in [-0.05, 0) is 33.3 Å². The van der Waals surface area contributed by atoms with Crippen LogP contribution in [-0.4, -0.2) is 34.8 Å². The van der Waals surface area contributed by atoms with Crippen LogP contribution in [0.2, 0.25) is 0 Å². The summed E-state index contributed by atoms with van der Waals surface area (Å²) in [5.41, 5.74) is 3.13. The summed E-state index contributed by atoms with van der Waals surface area (Å²) in [5.74, 6) is -1.39. The molecule has 0 aliphatic carbocycles. The minimum Gasteiger partial charge on any atom is -0.458 e. The van der Waals surface area contributed by atoms with Gasteiger partial charge in [0.2, 0.25) is 6.54 Å². The highest BCUT2D eigenvalue weighted by Gasteiger charge is 2.37. The topological polar surface area (TPSA) is 81.8 Å². The SMILES string of the molecule is Cc1ccc([C@H](C[N+](=O)[O-])[C@@H](N=C(c2ccccc2)c2ccccc2)C(=O)OC(C)(C)C)cc1. The lowest BCUT2D eigenvalue weighted by atomic mass is 9.90. The molecule has 3 aromatic rings. The van der Waals surface area contributed by atoms with E-state index in [0.29, 0.717) is 11.3 Å². The zero-order valence-corrected chi connectivity index (χ0v) is 20.0. The van der Waals surface area contributed by atoms with Crippen LogP contribution in [0.15, 0.2) is 89.9 Å². The second-order valence-corrected chi connectivity index (χ2v) is 9.22. The van der Waals surface area contributed by atoms with Crippen LogP contribution in [-0.2, 0) is 9.53 Å². The first-order valence-electron chi connectivity index (χ1n) is 11.2. The van der Waals surface area contributed by atoms with Crippen LogP contribution >= 0.6 is 0 Å². The van der Waals surface area contributed by atoms with E-state index >= 15 is 0 Å². The lowest BCUT2D eigenvalue weighted by Crippen LogP contribution is -2.37. The van der Waals surface area contributed by atoms with Crippen molar-refractivity contribution in [2.45, 2.75) is 45.3 Å². The van der Waals surface area contributed by atoms with E-state index in [0.717, 1.165) is 16.7 Å². The molecule has 6 nitrogen and oxygen atoms in total. The molecule has 0 fully saturated rings. The highest BCUT2D eigenvalue weighted by atomic mass is 16.6. The van der Waals surface area contributed by atoms with E-state index in [-0.39, 0.29) is 0 Å². The van der Waals surface area contributed by atoms with Gasteiger partial charge in [-0.25, -0.2) is 4.79 Å². The molecule has 0 unspecified atom stereocenters. The average molecular weight is 459 g/mol. The molecule has 0 amide bonds. The number of nitro groups is 1. The van der Waals surface area contributed by atoms with Gasteiger partial charge in [0.1, 0.15) is 5.60 Å². The second-order valence-electron chi connectivity index (χ2n) is 9.22. The fourth-order valence-corrected chi connectivity index (χ4v) is 3.68. The van der Waals surface area contributed by atoms with Crippen molar-refractivity contribution in [3.63, 3.8) is 0 Å². The Morgan fingerprint density at radius 3 is 1.85 bits per heavy atom. The smallest absolute Gasteiger partial charge is 0.332 e. The van der Waals surface area contributed by atoms with Gasteiger partial charge in [-0.3, -0.25) is 15.1 Å². The van der Waals surface area contributed by atoms with Gasteiger partial charge in [0.15, 0.2) is 6.04 Å². The molecule has 0 spiro atoms. The fraction of sp³-hybridized carbons (Fsp3) is 0.286. The second kappa shape index (κ2) is 10.9. The molecule has 0 aliphatic heterocycles. The third kappa shape index (κ3) is 6.85. The van der Waals surface area contributed by atoms with Gasteiger partial charge in [-0.2, -0.15) is 0 Å². The molecule has 0 N–H and O–H groups in total. The largest absolute Gasteiger partial charge is 0.458 e. The van der Waals surface area contributed by atoms with E-state index in [2.05, 4.69) is 0 Å². The third-order valence-electron chi connectivity index (χ3n) is 5.24. The highest BCUT2D eigenvalue weighted by Crippen LogP contribution is 2.27. The van der Waals surface area contributed by atoms with Crippen LogP contribution in [0.3, 0.4) is 0 Å². The number of carbonyl (C=O) groups excluding carboxylic acids is 1. The van der Waals surface area contributed by atoms with E-state index in [1.54, 1.807) is 20.8 Å². The van der Waals surface area contributed by atoms with Gasteiger partial charge >= 0.3 is 5.97 Å². The molecule has 0 aliphatic rings. The minimum absolute atomic E-state index is 0.401. The molecule has 176 valence electrons. The molecule has 0 heterocycles. The Balaban J connectivity index is 2.21. The maximum absolute atomic E-state index is 13.5. The number of nitrogens with zero attached hydrogens (tertiary/aromatic N) is 2. The molecule has 6 heteroatoms. The van der Waals surface area contributed by atoms with Crippen LogP contribution in [0, 0.1) is 17.0 Å². The Labute approximate surface area is 200 Å². The Morgan fingerprint density at radius 1 is 0.912 bits per heavy atom. The van der Waals surface area contributed by atoms with Crippen molar-refractivity contribution in [3.8, 4) is 0 Å². The van der Waals surface area contributed by atoms with Crippen LogP contribution in [0.5, 0.6) is 0 Å². The summed E-state index contributed by atoms with van der Waals surface area (Å²) in [6.07, 6.45) is 0. The molecule has 0 radical (unpaired) electrons. The fourth-order valence-electron chi connectivity index (χ4n) is 3.68. The lowest BCUT2D eigenvalue weighted by Gasteiger charge is -2.26. The van der Waals surface area contributed by atoms with Gasteiger partial charge in [0.05, 0.1) is 11.6 Å². The van der Waals surface area contributed by atoms with Crippen molar-refractivity contribution < 1.29 is 14.5 Å². The molecule has 2 atom stereocenters. The van der Waals surface area contributed by atoms with Gasteiger partial charge in [-0.15, -0.1) is 0 Å². The maximum atomic E-state index is 13.5. The number of rotatable bonds is 8. The third-order valence-corrected chi connectivity index (χ3v) is 5.24. The molecule has 0 aromatic heterocycles. The van der Waals surface area contributed by atoms with Gasteiger partial charge in [-0.1, -0.05) is 90.5 Å². The standard InChI is InChI=1S/C28H30N2O4/c1-20-15-17-21(18-16-20)24(19-30(32)33)26(27(31)34-28(2,3)4)29-25(22-11-7-5-8-12-22)23-13-9-6-10-14-23/h5-18,24,26H,19H2,1-4H3/t24-,26+/m0/s1. The number of ether oxygens (including phenoxy) is 1. The molecular weight excluding hydrogens is 428 g/mol. The van der Waals surface area contributed by atoms with Crippen LogP contribution < -0.4 is 0 Å². The molecule has 3 rings (SSSR count). The normalized spacial score (nSPS) is 12.9. The van der Waals surface area contributed by atoms with E-state index < -0.39 is 35.0 Å². The van der Waals surface area contributed by atoms with Crippen LogP contribution in [0.25, 0.3) is 0 Å². The summed E-state index contributed by atoms with van der Waals surface area (Å²) < 4.78 is 5.71. The molecule has 3 aromatic carbocycles. The number of aliphatic imine (C=N–C) groups is 1. The molecule has 34 heavy (non-hydrogen) atoms. The van der Waals surface area contributed by atoms with E-state index in [1.807, 2.05) is 91.9 Å².